The molecule has 0 bridgehead atoms. The highest BCUT2D eigenvalue weighted by Gasteiger charge is 2.21. The van der Waals surface area contributed by atoms with E-state index in [0.717, 1.165) is 11.1 Å². The van der Waals surface area contributed by atoms with Crippen LogP contribution in [-0.2, 0) is 24.3 Å². The maximum absolute atomic E-state index is 13.7. The van der Waals surface area contributed by atoms with Gasteiger partial charge in [-0.2, -0.15) is 0 Å². The third-order valence-corrected chi connectivity index (χ3v) is 5.15. The van der Waals surface area contributed by atoms with Crippen molar-refractivity contribution in [2.24, 2.45) is 0 Å². The molecule has 5 nitrogen and oxygen atoms in total. The highest BCUT2D eigenvalue weighted by Crippen LogP contribution is 2.22. The molecule has 0 saturated heterocycles. The largest absolute Gasteiger partial charge is 0.459 e. The number of rotatable bonds is 8. The molecule has 0 spiro atoms. The molecule has 0 unspecified atom stereocenters. The van der Waals surface area contributed by atoms with Crippen molar-refractivity contribution in [3.63, 3.8) is 0 Å². The van der Waals surface area contributed by atoms with Crippen molar-refractivity contribution < 1.29 is 18.4 Å². The molecule has 0 aliphatic heterocycles. The average Bonchev–Trinajstić information content (AvgIpc) is 3.37. The van der Waals surface area contributed by atoms with Crippen molar-refractivity contribution in [1.29, 1.82) is 0 Å². The molecule has 3 aromatic carbocycles. The molecule has 0 radical (unpaired) electrons. The van der Waals surface area contributed by atoms with Crippen LogP contribution in [0.4, 0.5) is 10.1 Å². The van der Waals surface area contributed by atoms with E-state index in [9.17, 15) is 14.0 Å². The lowest BCUT2D eigenvalue weighted by atomic mass is 10.1. The lowest BCUT2D eigenvalue weighted by Gasteiger charge is -2.22. The Labute approximate surface area is 191 Å². The molecular weight excluding hydrogens is 419 g/mol. The zero-order valence-corrected chi connectivity index (χ0v) is 17.9. The van der Waals surface area contributed by atoms with Gasteiger partial charge in [0.2, 0.25) is 5.91 Å². The highest BCUT2D eigenvalue weighted by atomic mass is 19.1. The molecule has 1 aromatic heterocycles. The van der Waals surface area contributed by atoms with E-state index in [2.05, 4.69) is 5.32 Å². The van der Waals surface area contributed by atoms with Crippen molar-refractivity contribution in [3.05, 3.63) is 126 Å². The lowest BCUT2D eigenvalue weighted by molar-refractivity contribution is -0.120. The van der Waals surface area contributed by atoms with Gasteiger partial charge in [-0.1, -0.05) is 54.6 Å². The van der Waals surface area contributed by atoms with Crippen LogP contribution < -0.4 is 10.2 Å². The smallest absolute Gasteiger partial charge is 0.294 e. The number of carbonyl (C=O) groups excluding carboxylic acids is 2. The molecule has 1 N–H and O–H groups in total. The monoisotopic (exact) mass is 442 g/mol. The number of carbonyl (C=O) groups is 2. The first-order valence-electron chi connectivity index (χ1n) is 10.6. The number of hydrogen-bond donors (Lipinski definition) is 1. The van der Waals surface area contributed by atoms with Crippen LogP contribution in [0.5, 0.6) is 0 Å². The van der Waals surface area contributed by atoms with Gasteiger partial charge in [-0.3, -0.25) is 9.59 Å². The Morgan fingerprint density at radius 1 is 0.818 bits per heavy atom. The van der Waals surface area contributed by atoms with E-state index >= 15 is 0 Å². The van der Waals surface area contributed by atoms with Crippen molar-refractivity contribution in [2.45, 2.75) is 19.5 Å². The van der Waals surface area contributed by atoms with Crippen molar-refractivity contribution in [1.82, 2.24) is 5.32 Å². The van der Waals surface area contributed by atoms with E-state index in [-0.39, 0.29) is 36.4 Å². The summed E-state index contributed by atoms with van der Waals surface area (Å²) in [6.45, 7) is 0.644. The highest BCUT2D eigenvalue weighted by molar-refractivity contribution is 6.04. The number of amides is 2. The number of nitrogens with one attached hydrogen (secondary N) is 1. The van der Waals surface area contributed by atoms with Gasteiger partial charge in [-0.25, -0.2) is 4.39 Å². The van der Waals surface area contributed by atoms with Crippen molar-refractivity contribution >= 4 is 17.5 Å². The molecule has 2 amide bonds. The predicted octanol–water partition coefficient (Wildman–Crippen LogP) is 5.12. The summed E-state index contributed by atoms with van der Waals surface area (Å²) in [7, 11) is 0. The van der Waals surface area contributed by atoms with E-state index in [1.807, 2.05) is 42.5 Å². The maximum atomic E-state index is 13.7. The third-order valence-electron chi connectivity index (χ3n) is 5.15. The summed E-state index contributed by atoms with van der Waals surface area (Å²) < 4.78 is 19.0. The summed E-state index contributed by atoms with van der Waals surface area (Å²) >= 11 is 0. The Kier molecular flexibility index (Phi) is 6.95. The first kappa shape index (κ1) is 22.0. The van der Waals surface area contributed by atoms with Crippen LogP contribution in [0.15, 0.2) is 102 Å². The average molecular weight is 442 g/mol. The van der Waals surface area contributed by atoms with Gasteiger partial charge in [0, 0.05) is 12.2 Å². The Bertz CT molecular complexity index is 1210. The lowest BCUT2D eigenvalue weighted by Crippen LogP contribution is -2.30. The number of furan rings is 1. The van der Waals surface area contributed by atoms with Gasteiger partial charge < -0.3 is 14.6 Å². The summed E-state index contributed by atoms with van der Waals surface area (Å²) in [5.74, 6) is -0.599. The van der Waals surface area contributed by atoms with Crippen LogP contribution in [-0.4, -0.2) is 11.8 Å². The zero-order valence-electron chi connectivity index (χ0n) is 17.9. The van der Waals surface area contributed by atoms with Gasteiger partial charge in [0.15, 0.2) is 5.76 Å². The van der Waals surface area contributed by atoms with Gasteiger partial charge in [-0.15, -0.1) is 0 Å². The molecule has 0 aliphatic rings. The molecule has 1 heterocycles. The summed E-state index contributed by atoms with van der Waals surface area (Å²) in [5, 5.41) is 2.91. The first-order valence-corrected chi connectivity index (χ1v) is 10.6. The molecule has 166 valence electrons. The van der Waals surface area contributed by atoms with Crippen LogP contribution in [0.3, 0.4) is 0 Å². The second-order valence-electron chi connectivity index (χ2n) is 7.60. The summed E-state index contributed by atoms with van der Waals surface area (Å²) in [6.07, 6.45) is 1.66. The third kappa shape index (κ3) is 5.95. The van der Waals surface area contributed by atoms with Crippen LogP contribution in [0, 0.1) is 5.82 Å². The SMILES string of the molecule is O=C(Cc1ccc(N(Cc2cccc(F)c2)C(=O)c2ccco2)cc1)NCc1ccccc1. The fraction of sp³-hybridized carbons (Fsp3) is 0.111. The van der Waals surface area contributed by atoms with Gasteiger partial charge in [-0.05, 0) is 53.1 Å². The minimum Gasteiger partial charge on any atom is -0.459 e. The number of benzene rings is 3. The molecule has 0 fully saturated rings. The molecule has 0 saturated carbocycles. The summed E-state index contributed by atoms with van der Waals surface area (Å²) in [4.78, 5) is 26.9. The minimum absolute atomic E-state index is 0.0881. The fourth-order valence-electron chi connectivity index (χ4n) is 3.47. The van der Waals surface area contributed by atoms with Gasteiger partial charge in [0.1, 0.15) is 5.82 Å². The summed E-state index contributed by atoms with van der Waals surface area (Å²) in [5.41, 5.74) is 3.12. The minimum atomic E-state index is -0.366. The Morgan fingerprint density at radius 3 is 2.27 bits per heavy atom. The van der Waals surface area contributed by atoms with E-state index in [4.69, 9.17) is 4.42 Å². The van der Waals surface area contributed by atoms with Crippen LogP contribution in [0.25, 0.3) is 0 Å². The quantitative estimate of drug-likeness (QED) is 0.412. The van der Waals surface area contributed by atoms with Gasteiger partial charge in [0.05, 0.1) is 19.2 Å². The van der Waals surface area contributed by atoms with E-state index in [1.165, 1.54) is 23.3 Å². The first-order chi connectivity index (χ1) is 16.1. The van der Waals surface area contributed by atoms with Crippen LogP contribution >= 0.6 is 0 Å². The number of hydrogen-bond acceptors (Lipinski definition) is 3. The number of anilines is 1. The normalized spacial score (nSPS) is 10.6. The summed E-state index contributed by atoms with van der Waals surface area (Å²) in [6, 6.07) is 26.2. The number of halogens is 1. The molecule has 4 aromatic rings. The Hall–Kier alpha value is -4.19. The van der Waals surface area contributed by atoms with Crippen LogP contribution in [0.2, 0.25) is 0 Å². The van der Waals surface area contributed by atoms with E-state index in [0.29, 0.717) is 17.8 Å². The maximum Gasteiger partial charge on any atom is 0.294 e. The van der Waals surface area contributed by atoms with Gasteiger partial charge >= 0.3 is 0 Å². The molecular formula is C27H23FN2O3. The van der Waals surface area contributed by atoms with Gasteiger partial charge in [0.25, 0.3) is 5.91 Å². The standard InChI is InChI=1S/C27H23FN2O3/c28-23-9-4-8-22(16-23)19-30(27(32)25-10-5-15-33-25)24-13-11-20(12-14-24)17-26(31)29-18-21-6-2-1-3-7-21/h1-16H,17-19H2,(H,29,31). The second-order valence-corrected chi connectivity index (χ2v) is 7.60. The Balaban J connectivity index is 1.46. The zero-order chi connectivity index (χ0) is 23.0. The van der Waals surface area contributed by atoms with E-state index in [1.54, 1.807) is 36.4 Å². The molecule has 0 aliphatic carbocycles. The van der Waals surface area contributed by atoms with Crippen molar-refractivity contribution in [3.8, 4) is 0 Å². The fourth-order valence-corrected chi connectivity index (χ4v) is 3.47. The molecule has 4 rings (SSSR count). The second kappa shape index (κ2) is 10.4. The molecule has 33 heavy (non-hydrogen) atoms. The topological polar surface area (TPSA) is 62.6 Å². The Morgan fingerprint density at radius 2 is 1.58 bits per heavy atom. The van der Waals surface area contributed by atoms with Crippen LogP contribution in [0.1, 0.15) is 27.2 Å². The van der Waals surface area contributed by atoms with E-state index < -0.39 is 0 Å². The molecule has 6 heteroatoms. The molecule has 0 atom stereocenters. The predicted molar refractivity (Wildman–Crippen MR) is 124 cm³/mol. The number of nitrogens with zero attached hydrogens (tertiary/aromatic N) is 1. The van der Waals surface area contributed by atoms with Crippen molar-refractivity contribution in [2.75, 3.05) is 4.90 Å².